The topological polar surface area (TPSA) is 29.1 Å². The second kappa shape index (κ2) is 5.59. The number of amides is 1. The quantitative estimate of drug-likeness (QED) is 0.801. The molecular weight excluding hydrogens is 292 g/mol. The van der Waals surface area contributed by atoms with Crippen LogP contribution in [0.1, 0.15) is 10.4 Å². The van der Waals surface area contributed by atoms with Crippen molar-refractivity contribution in [2.75, 3.05) is 5.32 Å². The van der Waals surface area contributed by atoms with Crippen molar-refractivity contribution >= 4 is 35.8 Å². The highest BCUT2D eigenvalue weighted by molar-refractivity contribution is 7.80. The summed E-state index contributed by atoms with van der Waals surface area (Å²) in [7, 11) is 0. The number of nitrogens with one attached hydrogen (secondary N) is 1. The van der Waals surface area contributed by atoms with Gasteiger partial charge in [-0.15, -0.1) is 12.6 Å². The first-order chi connectivity index (χ1) is 8.97. The van der Waals surface area contributed by atoms with E-state index >= 15 is 0 Å². The number of halogens is 3. The van der Waals surface area contributed by atoms with Crippen LogP contribution in [0.5, 0.6) is 0 Å². The smallest absolute Gasteiger partial charge is 0.258 e. The van der Waals surface area contributed by atoms with E-state index in [4.69, 9.17) is 11.6 Å². The van der Waals surface area contributed by atoms with Crippen LogP contribution >= 0.6 is 24.2 Å². The number of carbonyl (C=O) groups is 1. The number of benzene rings is 2. The lowest BCUT2D eigenvalue weighted by Gasteiger charge is -2.07. The van der Waals surface area contributed by atoms with Crippen LogP contribution in [0.2, 0.25) is 5.02 Å². The summed E-state index contributed by atoms with van der Waals surface area (Å²) in [5, 5.41) is 2.33. The molecule has 0 saturated heterocycles. The van der Waals surface area contributed by atoms with Gasteiger partial charge < -0.3 is 5.32 Å². The fourth-order valence-electron chi connectivity index (χ4n) is 1.46. The van der Waals surface area contributed by atoms with Crippen LogP contribution in [-0.4, -0.2) is 5.91 Å². The highest BCUT2D eigenvalue weighted by Gasteiger charge is 2.13. The van der Waals surface area contributed by atoms with Crippen LogP contribution in [-0.2, 0) is 0 Å². The van der Waals surface area contributed by atoms with Crippen LogP contribution < -0.4 is 5.32 Å². The first-order valence-corrected chi connectivity index (χ1v) is 6.05. The molecule has 0 radical (unpaired) electrons. The fraction of sp³-hybridized carbons (Fsp3) is 0. The van der Waals surface area contributed by atoms with E-state index in [1.54, 1.807) is 0 Å². The first-order valence-electron chi connectivity index (χ1n) is 5.22. The van der Waals surface area contributed by atoms with Crippen molar-refractivity contribution in [1.29, 1.82) is 0 Å². The Bertz CT molecular complexity index is 649. The largest absolute Gasteiger partial charge is 0.322 e. The second-order valence-corrected chi connectivity index (χ2v) is 4.67. The molecule has 2 aromatic carbocycles. The number of carbonyl (C=O) groups excluding carboxylic acids is 1. The third-order valence-corrected chi connectivity index (χ3v) is 2.96. The van der Waals surface area contributed by atoms with Gasteiger partial charge in [-0.05, 0) is 36.4 Å². The summed E-state index contributed by atoms with van der Waals surface area (Å²) in [5.41, 5.74) is 0.0266. The van der Waals surface area contributed by atoms with E-state index in [9.17, 15) is 13.6 Å². The van der Waals surface area contributed by atoms with Crippen molar-refractivity contribution in [1.82, 2.24) is 0 Å². The molecule has 0 aliphatic heterocycles. The number of hydrogen-bond donors (Lipinski definition) is 2. The summed E-state index contributed by atoms with van der Waals surface area (Å²) in [5.74, 6) is -2.03. The molecule has 0 aromatic heterocycles. The Morgan fingerprint density at radius 1 is 1.11 bits per heavy atom. The van der Waals surface area contributed by atoms with Gasteiger partial charge in [0.05, 0.1) is 10.6 Å². The fourth-order valence-corrected chi connectivity index (χ4v) is 1.78. The third-order valence-electron chi connectivity index (χ3n) is 2.37. The second-order valence-electron chi connectivity index (χ2n) is 3.75. The van der Waals surface area contributed by atoms with Crippen LogP contribution in [0.15, 0.2) is 41.3 Å². The average molecular weight is 300 g/mol. The molecule has 0 fully saturated rings. The van der Waals surface area contributed by atoms with Gasteiger partial charge in [0.25, 0.3) is 5.91 Å². The zero-order chi connectivity index (χ0) is 14.0. The highest BCUT2D eigenvalue weighted by Crippen LogP contribution is 2.20. The molecule has 0 atom stereocenters. The van der Waals surface area contributed by atoms with Gasteiger partial charge in [-0.1, -0.05) is 11.6 Å². The molecular formula is C13H8ClF2NOS. The van der Waals surface area contributed by atoms with E-state index in [2.05, 4.69) is 17.9 Å². The molecule has 0 aliphatic carbocycles. The van der Waals surface area contributed by atoms with Gasteiger partial charge in [-0.3, -0.25) is 4.79 Å². The Labute approximate surface area is 118 Å². The van der Waals surface area contributed by atoms with Crippen molar-refractivity contribution in [3.05, 3.63) is 58.6 Å². The van der Waals surface area contributed by atoms with Gasteiger partial charge in [0.2, 0.25) is 0 Å². The van der Waals surface area contributed by atoms with Crippen molar-refractivity contribution in [2.45, 2.75) is 4.90 Å². The Hall–Kier alpha value is -1.59. The summed E-state index contributed by atoms with van der Waals surface area (Å²) < 4.78 is 26.7. The molecule has 19 heavy (non-hydrogen) atoms. The summed E-state index contributed by atoms with van der Waals surface area (Å²) in [6.07, 6.45) is 0. The molecule has 0 bridgehead atoms. The predicted octanol–water partition coefficient (Wildman–Crippen LogP) is 4.16. The molecule has 0 heterocycles. The van der Waals surface area contributed by atoms with Gasteiger partial charge in [0, 0.05) is 10.6 Å². The first kappa shape index (κ1) is 13.8. The van der Waals surface area contributed by atoms with Crippen molar-refractivity contribution < 1.29 is 13.6 Å². The molecule has 0 spiro atoms. The molecule has 2 aromatic rings. The minimum Gasteiger partial charge on any atom is -0.322 e. The maximum Gasteiger partial charge on any atom is 0.258 e. The molecule has 98 valence electrons. The van der Waals surface area contributed by atoms with E-state index in [0.29, 0.717) is 4.90 Å². The summed E-state index contributed by atoms with van der Waals surface area (Å²) in [4.78, 5) is 12.3. The van der Waals surface area contributed by atoms with Crippen LogP contribution in [0, 0.1) is 11.6 Å². The molecule has 6 heteroatoms. The molecule has 0 aliphatic rings. The van der Waals surface area contributed by atoms with Gasteiger partial charge in [0.1, 0.15) is 11.6 Å². The molecule has 0 unspecified atom stereocenters. The minimum absolute atomic E-state index is 0.0541. The Balaban J connectivity index is 2.25. The van der Waals surface area contributed by atoms with E-state index in [1.807, 2.05) is 0 Å². The van der Waals surface area contributed by atoms with Crippen LogP contribution in [0.4, 0.5) is 14.5 Å². The summed E-state index contributed by atoms with van der Waals surface area (Å²) in [6.45, 7) is 0. The van der Waals surface area contributed by atoms with Gasteiger partial charge in [-0.2, -0.15) is 0 Å². The predicted molar refractivity (Wildman–Crippen MR) is 73.0 cm³/mol. The Kier molecular flexibility index (Phi) is 4.07. The average Bonchev–Trinajstić information content (AvgIpc) is 2.36. The zero-order valence-electron chi connectivity index (χ0n) is 9.45. The van der Waals surface area contributed by atoms with Crippen molar-refractivity contribution in [3.63, 3.8) is 0 Å². The number of hydrogen-bond acceptors (Lipinski definition) is 2. The van der Waals surface area contributed by atoms with Crippen LogP contribution in [0.25, 0.3) is 0 Å². The van der Waals surface area contributed by atoms with Crippen molar-refractivity contribution in [2.24, 2.45) is 0 Å². The van der Waals surface area contributed by atoms with Crippen LogP contribution in [0.3, 0.4) is 0 Å². The third kappa shape index (κ3) is 3.24. The van der Waals surface area contributed by atoms with E-state index in [1.165, 1.54) is 24.3 Å². The summed E-state index contributed by atoms with van der Waals surface area (Å²) >= 11 is 9.55. The van der Waals surface area contributed by atoms with Gasteiger partial charge in [-0.25, -0.2) is 8.78 Å². The lowest BCUT2D eigenvalue weighted by Crippen LogP contribution is -2.14. The zero-order valence-corrected chi connectivity index (χ0v) is 11.1. The van der Waals surface area contributed by atoms with Crippen molar-refractivity contribution in [3.8, 4) is 0 Å². The number of thiol groups is 1. The molecule has 1 amide bonds. The van der Waals surface area contributed by atoms with Gasteiger partial charge in [0.15, 0.2) is 0 Å². The lowest BCUT2D eigenvalue weighted by atomic mass is 10.2. The minimum atomic E-state index is -0.685. The number of rotatable bonds is 2. The molecule has 0 saturated carbocycles. The maximum absolute atomic E-state index is 13.5. The molecule has 2 nitrogen and oxygen atoms in total. The lowest BCUT2D eigenvalue weighted by molar-refractivity contribution is 0.102. The molecule has 1 N–H and O–H groups in total. The standard InChI is InChI=1S/C13H8ClF2NOS/c14-10-3-1-7(5-12(10)16)17-13(18)9-6-8(19)2-4-11(9)15/h1-6,19H,(H,17,18). The highest BCUT2D eigenvalue weighted by atomic mass is 35.5. The normalized spacial score (nSPS) is 10.3. The monoisotopic (exact) mass is 299 g/mol. The van der Waals surface area contributed by atoms with E-state index in [-0.39, 0.29) is 16.3 Å². The Morgan fingerprint density at radius 3 is 2.53 bits per heavy atom. The molecule has 2 rings (SSSR count). The van der Waals surface area contributed by atoms with Gasteiger partial charge >= 0.3 is 0 Å². The SMILES string of the molecule is O=C(Nc1ccc(Cl)c(F)c1)c1cc(S)ccc1F. The Morgan fingerprint density at radius 2 is 1.84 bits per heavy atom. The number of anilines is 1. The van der Waals surface area contributed by atoms with E-state index < -0.39 is 17.5 Å². The maximum atomic E-state index is 13.5. The van der Waals surface area contributed by atoms with E-state index in [0.717, 1.165) is 12.1 Å². The summed E-state index contributed by atoms with van der Waals surface area (Å²) in [6, 6.07) is 7.64.